The molecular weight excluding hydrogens is 164 g/mol. The van der Waals surface area contributed by atoms with E-state index in [9.17, 15) is 4.79 Å². The maximum absolute atomic E-state index is 11.1. The highest BCUT2D eigenvalue weighted by molar-refractivity contribution is 5.76. The molecular formula is C10H20N2O. The summed E-state index contributed by atoms with van der Waals surface area (Å²) >= 11 is 0. The van der Waals surface area contributed by atoms with Crippen molar-refractivity contribution in [2.45, 2.75) is 39.0 Å². The van der Waals surface area contributed by atoms with Crippen molar-refractivity contribution in [3.8, 4) is 0 Å². The molecule has 1 aliphatic rings. The maximum Gasteiger partial charge on any atom is 0.220 e. The first-order valence-corrected chi connectivity index (χ1v) is 5.19. The van der Waals surface area contributed by atoms with Gasteiger partial charge in [0.25, 0.3) is 0 Å². The molecule has 1 atom stereocenters. The largest absolute Gasteiger partial charge is 0.356 e. The standard InChI is InChI=1S/C10H20N2O/c1-2-4-10(8-11)5-3-9(13)12-7-6-10/h2-8,11H2,1H3,(H,12,13). The number of rotatable bonds is 3. The molecule has 0 radical (unpaired) electrons. The highest BCUT2D eigenvalue weighted by Gasteiger charge is 2.30. The zero-order valence-electron chi connectivity index (χ0n) is 8.44. The van der Waals surface area contributed by atoms with Crippen molar-refractivity contribution in [2.24, 2.45) is 11.1 Å². The van der Waals surface area contributed by atoms with E-state index < -0.39 is 0 Å². The molecule has 0 aromatic heterocycles. The van der Waals surface area contributed by atoms with E-state index in [2.05, 4.69) is 12.2 Å². The van der Waals surface area contributed by atoms with Crippen LogP contribution in [0.4, 0.5) is 0 Å². The van der Waals surface area contributed by atoms with Gasteiger partial charge in [-0.1, -0.05) is 13.3 Å². The van der Waals surface area contributed by atoms with E-state index in [0.29, 0.717) is 6.42 Å². The summed E-state index contributed by atoms with van der Waals surface area (Å²) in [7, 11) is 0. The van der Waals surface area contributed by atoms with Gasteiger partial charge in [0.15, 0.2) is 0 Å². The van der Waals surface area contributed by atoms with Crippen molar-refractivity contribution < 1.29 is 4.79 Å². The summed E-state index contributed by atoms with van der Waals surface area (Å²) in [5.41, 5.74) is 6.03. The lowest BCUT2D eigenvalue weighted by molar-refractivity contribution is -0.120. The lowest BCUT2D eigenvalue weighted by atomic mass is 9.77. The number of carbonyl (C=O) groups excluding carboxylic acids is 1. The SMILES string of the molecule is CCCC1(CN)CCNC(=O)CC1. The second-order valence-corrected chi connectivity index (χ2v) is 4.05. The Labute approximate surface area is 80.1 Å². The lowest BCUT2D eigenvalue weighted by Crippen LogP contribution is -2.31. The Morgan fingerprint density at radius 1 is 1.54 bits per heavy atom. The van der Waals surface area contributed by atoms with Gasteiger partial charge < -0.3 is 11.1 Å². The average molecular weight is 184 g/mol. The molecule has 1 aliphatic heterocycles. The number of hydrogen-bond donors (Lipinski definition) is 2. The van der Waals surface area contributed by atoms with Crippen LogP contribution >= 0.6 is 0 Å². The summed E-state index contributed by atoms with van der Waals surface area (Å²) in [6.07, 6.45) is 4.97. The summed E-state index contributed by atoms with van der Waals surface area (Å²) in [6, 6.07) is 0. The van der Waals surface area contributed by atoms with Gasteiger partial charge in [-0.3, -0.25) is 4.79 Å². The van der Waals surface area contributed by atoms with E-state index in [1.165, 1.54) is 0 Å². The van der Waals surface area contributed by atoms with Crippen LogP contribution in [0, 0.1) is 5.41 Å². The second kappa shape index (κ2) is 4.61. The average Bonchev–Trinajstić information content (AvgIpc) is 2.30. The summed E-state index contributed by atoms with van der Waals surface area (Å²) in [4.78, 5) is 11.1. The number of amides is 1. The monoisotopic (exact) mass is 184 g/mol. The van der Waals surface area contributed by atoms with E-state index in [4.69, 9.17) is 5.73 Å². The molecule has 0 aromatic rings. The molecule has 0 aliphatic carbocycles. The quantitative estimate of drug-likeness (QED) is 0.688. The fraction of sp³-hybridized carbons (Fsp3) is 0.900. The first-order valence-electron chi connectivity index (χ1n) is 5.19. The molecule has 3 nitrogen and oxygen atoms in total. The van der Waals surface area contributed by atoms with Crippen LogP contribution in [0.3, 0.4) is 0 Å². The third-order valence-corrected chi connectivity index (χ3v) is 3.07. The van der Waals surface area contributed by atoms with Gasteiger partial charge in [-0.2, -0.15) is 0 Å². The number of hydrogen-bond acceptors (Lipinski definition) is 2. The Morgan fingerprint density at radius 2 is 2.31 bits per heavy atom. The van der Waals surface area contributed by atoms with E-state index >= 15 is 0 Å². The van der Waals surface area contributed by atoms with E-state index in [1.54, 1.807) is 0 Å². The molecule has 13 heavy (non-hydrogen) atoms. The fourth-order valence-electron chi connectivity index (χ4n) is 2.15. The Balaban J connectivity index is 2.58. The molecule has 1 heterocycles. The minimum atomic E-state index is 0.187. The molecule has 3 N–H and O–H groups in total. The van der Waals surface area contributed by atoms with Crippen LogP contribution in [0.25, 0.3) is 0 Å². The smallest absolute Gasteiger partial charge is 0.220 e. The summed E-state index contributed by atoms with van der Waals surface area (Å²) in [5.74, 6) is 0.187. The Morgan fingerprint density at radius 3 is 2.92 bits per heavy atom. The van der Waals surface area contributed by atoms with Gasteiger partial charge in [0.05, 0.1) is 0 Å². The Kier molecular flexibility index (Phi) is 3.72. The predicted molar refractivity (Wildman–Crippen MR) is 53.3 cm³/mol. The third kappa shape index (κ3) is 2.69. The minimum Gasteiger partial charge on any atom is -0.356 e. The van der Waals surface area contributed by atoms with Crippen molar-refractivity contribution in [1.29, 1.82) is 0 Å². The maximum atomic E-state index is 11.1. The Bertz CT molecular complexity index is 182. The zero-order chi connectivity index (χ0) is 9.73. The van der Waals surface area contributed by atoms with Crippen LogP contribution in [-0.4, -0.2) is 19.0 Å². The normalized spacial score (nSPS) is 29.5. The van der Waals surface area contributed by atoms with Gasteiger partial charge in [-0.15, -0.1) is 0 Å². The first-order chi connectivity index (χ1) is 6.22. The van der Waals surface area contributed by atoms with Crippen LogP contribution in [-0.2, 0) is 4.79 Å². The van der Waals surface area contributed by atoms with E-state index in [0.717, 1.165) is 38.8 Å². The summed E-state index contributed by atoms with van der Waals surface area (Å²) in [6.45, 7) is 3.70. The van der Waals surface area contributed by atoms with E-state index in [1.807, 2.05) is 0 Å². The van der Waals surface area contributed by atoms with Gasteiger partial charge in [0.2, 0.25) is 5.91 Å². The summed E-state index contributed by atoms with van der Waals surface area (Å²) in [5, 5.41) is 2.90. The molecule has 1 saturated heterocycles. The zero-order valence-corrected chi connectivity index (χ0v) is 8.44. The van der Waals surface area contributed by atoms with Gasteiger partial charge in [0.1, 0.15) is 0 Å². The van der Waals surface area contributed by atoms with Crippen molar-refractivity contribution in [2.75, 3.05) is 13.1 Å². The van der Waals surface area contributed by atoms with Crippen molar-refractivity contribution >= 4 is 5.91 Å². The molecule has 1 unspecified atom stereocenters. The summed E-state index contributed by atoms with van der Waals surface area (Å²) < 4.78 is 0. The molecule has 76 valence electrons. The van der Waals surface area contributed by atoms with Crippen LogP contribution in [0.1, 0.15) is 39.0 Å². The molecule has 1 amide bonds. The lowest BCUT2D eigenvalue weighted by Gasteiger charge is -2.30. The highest BCUT2D eigenvalue weighted by Crippen LogP contribution is 2.33. The molecule has 0 saturated carbocycles. The second-order valence-electron chi connectivity index (χ2n) is 4.05. The molecule has 1 fully saturated rings. The van der Waals surface area contributed by atoms with Crippen molar-refractivity contribution in [3.05, 3.63) is 0 Å². The van der Waals surface area contributed by atoms with Gasteiger partial charge in [-0.25, -0.2) is 0 Å². The minimum absolute atomic E-state index is 0.187. The molecule has 0 spiro atoms. The van der Waals surface area contributed by atoms with Gasteiger partial charge in [-0.05, 0) is 31.2 Å². The predicted octanol–water partition coefficient (Wildman–Crippen LogP) is 1.03. The molecule has 1 rings (SSSR count). The first kappa shape index (κ1) is 10.5. The van der Waals surface area contributed by atoms with Crippen molar-refractivity contribution in [1.82, 2.24) is 5.32 Å². The highest BCUT2D eigenvalue weighted by atomic mass is 16.1. The van der Waals surface area contributed by atoms with Crippen LogP contribution in [0.2, 0.25) is 0 Å². The topological polar surface area (TPSA) is 55.1 Å². The fourth-order valence-corrected chi connectivity index (χ4v) is 2.15. The number of carbonyl (C=O) groups is 1. The number of nitrogens with one attached hydrogen (secondary N) is 1. The molecule has 3 heteroatoms. The van der Waals surface area contributed by atoms with Crippen LogP contribution in [0.15, 0.2) is 0 Å². The molecule has 0 bridgehead atoms. The van der Waals surface area contributed by atoms with Crippen LogP contribution < -0.4 is 11.1 Å². The van der Waals surface area contributed by atoms with Crippen molar-refractivity contribution in [3.63, 3.8) is 0 Å². The Hall–Kier alpha value is -0.570. The molecule has 0 aromatic carbocycles. The van der Waals surface area contributed by atoms with Crippen LogP contribution in [0.5, 0.6) is 0 Å². The van der Waals surface area contributed by atoms with E-state index in [-0.39, 0.29) is 11.3 Å². The van der Waals surface area contributed by atoms with Gasteiger partial charge >= 0.3 is 0 Å². The third-order valence-electron chi connectivity index (χ3n) is 3.07. The van der Waals surface area contributed by atoms with Gasteiger partial charge in [0, 0.05) is 13.0 Å². The number of nitrogens with two attached hydrogens (primary N) is 1.